The molecule has 1 aromatic carbocycles. The van der Waals surface area contributed by atoms with E-state index in [1.807, 2.05) is 0 Å². The van der Waals surface area contributed by atoms with Crippen LogP contribution in [0.1, 0.15) is 24.8 Å². The molecule has 0 aliphatic heterocycles. The molecule has 1 unspecified atom stereocenters. The monoisotopic (exact) mass is 253 g/mol. The molecule has 1 aliphatic rings. The van der Waals surface area contributed by atoms with E-state index in [1.54, 1.807) is 6.07 Å². The molecular weight excluding hydrogens is 237 g/mol. The lowest BCUT2D eigenvalue weighted by molar-refractivity contribution is 0.440. The van der Waals surface area contributed by atoms with Crippen LogP contribution in [-0.4, -0.2) is 6.54 Å². The Kier molecular flexibility index (Phi) is 4.57. The van der Waals surface area contributed by atoms with Gasteiger partial charge in [0, 0.05) is 11.6 Å². The summed E-state index contributed by atoms with van der Waals surface area (Å²) in [6.07, 6.45) is 8.06. The summed E-state index contributed by atoms with van der Waals surface area (Å²) in [6.45, 7) is 1.66. The van der Waals surface area contributed by atoms with Gasteiger partial charge >= 0.3 is 0 Å². The number of nitrogens with one attached hydrogen (secondary N) is 1. The average Bonchev–Trinajstić information content (AvgIpc) is 2.29. The zero-order valence-corrected chi connectivity index (χ0v) is 10.5. The highest BCUT2D eigenvalue weighted by molar-refractivity contribution is 6.30. The highest BCUT2D eigenvalue weighted by atomic mass is 35.5. The van der Waals surface area contributed by atoms with E-state index in [2.05, 4.69) is 17.5 Å². The Hall–Kier alpha value is -0.860. The van der Waals surface area contributed by atoms with E-state index in [4.69, 9.17) is 11.6 Å². The Bertz CT molecular complexity index is 383. The predicted octanol–water partition coefficient (Wildman–Crippen LogP) is 3.93. The molecule has 1 aromatic rings. The van der Waals surface area contributed by atoms with Crippen molar-refractivity contribution < 1.29 is 4.39 Å². The molecule has 3 heteroatoms. The summed E-state index contributed by atoms with van der Waals surface area (Å²) in [5.41, 5.74) is 0.904. The van der Waals surface area contributed by atoms with Crippen molar-refractivity contribution in [1.29, 1.82) is 0 Å². The lowest BCUT2D eigenvalue weighted by atomic mass is 9.94. The number of halogens is 2. The van der Waals surface area contributed by atoms with Crippen LogP contribution >= 0.6 is 11.6 Å². The van der Waals surface area contributed by atoms with Crippen molar-refractivity contribution in [1.82, 2.24) is 5.32 Å². The van der Waals surface area contributed by atoms with Crippen LogP contribution in [0.25, 0.3) is 0 Å². The summed E-state index contributed by atoms with van der Waals surface area (Å²) in [7, 11) is 0. The van der Waals surface area contributed by atoms with Crippen LogP contribution in [0, 0.1) is 11.7 Å². The average molecular weight is 254 g/mol. The highest BCUT2D eigenvalue weighted by Gasteiger charge is 2.09. The SMILES string of the molecule is Fc1cc(Cl)cc(CNCC2CC=CCC2)c1. The Morgan fingerprint density at radius 1 is 1.29 bits per heavy atom. The van der Waals surface area contributed by atoms with Crippen LogP contribution in [0.4, 0.5) is 4.39 Å². The number of hydrogen-bond donors (Lipinski definition) is 1. The van der Waals surface area contributed by atoms with Gasteiger partial charge in [0.05, 0.1) is 0 Å². The van der Waals surface area contributed by atoms with Crippen LogP contribution in [0.15, 0.2) is 30.4 Å². The van der Waals surface area contributed by atoms with E-state index in [-0.39, 0.29) is 5.82 Å². The lowest BCUT2D eigenvalue weighted by Crippen LogP contribution is -2.23. The van der Waals surface area contributed by atoms with E-state index in [0.29, 0.717) is 17.5 Å². The molecule has 0 saturated carbocycles. The maximum atomic E-state index is 13.1. The maximum absolute atomic E-state index is 13.1. The van der Waals surface area contributed by atoms with Gasteiger partial charge in [-0.3, -0.25) is 0 Å². The molecule has 1 atom stereocenters. The third-order valence-electron chi connectivity index (χ3n) is 3.06. The molecule has 0 fully saturated rings. The molecular formula is C14H17ClFN. The van der Waals surface area contributed by atoms with Gasteiger partial charge in [0.1, 0.15) is 5.82 Å². The zero-order valence-electron chi connectivity index (χ0n) is 9.76. The normalized spacial score (nSPS) is 19.5. The number of benzene rings is 1. The molecule has 0 bridgehead atoms. The Morgan fingerprint density at radius 3 is 2.88 bits per heavy atom. The third kappa shape index (κ3) is 4.14. The second-order valence-corrected chi connectivity index (χ2v) is 5.00. The minimum Gasteiger partial charge on any atom is -0.312 e. The smallest absolute Gasteiger partial charge is 0.125 e. The summed E-state index contributed by atoms with van der Waals surface area (Å²) in [6, 6.07) is 4.66. The topological polar surface area (TPSA) is 12.0 Å². The second-order valence-electron chi connectivity index (χ2n) is 4.56. The first-order valence-corrected chi connectivity index (χ1v) is 6.42. The van der Waals surface area contributed by atoms with Crippen molar-refractivity contribution in [3.05, 3.63) is 46.8 Å². The van der Waals surface area contributed by atoms with Crippen LogP contribution in [-0.2, 0) is 6.54 Å². The molecule has 17 heavy (non-hydrogen) atoms. The fourth-order valence-electron chi connectivity index (χ4n) is 2.18. The van der Waals surface area contributed by atoms with Gasteiger partial charge in [-0.15, -0.1) is 0 Å². The van der Waals surface area contributed by atoms with Crippen LogP contribution < -0.4 is 5.32 Å². The molecule has 0 heterocycles. The van der Waals surface area contributed by atoms with Crippen molar-refractivity contribution >= 4 is 11.6 Å². The summed E-state index contributed by atoms with van der Waals surface area (Å²) >= 11 is 5.80. The van der Waals surface area contributed by atoms with E-state index in [9.17, 15) is 4.39 Å². The summed E-state index contributed by atoms with van der Waals surface area (Å²) in [4.78, 5) is 0. The molecule has 0 saturated heterocycles. The summed E-state index contributed by atoms with van der Waals surface area (Å²) in [5.74, 6) is 0.443. The molecule has 2 rings (SSSR count). The van der Waals surface area contributed by atoms with Gasteiger partial charge in [-0.1, -0.05) is 23.8 Å². The van der Waals surface area contributed by atoms with Crippen molar-refractivity contribution in [2.45, 2.75) is 25.8 Å². The molecule has 1 N–H and O–H groups in total. The lowest BCUT2D eigenvalue weighted by Gasteiger charge is -2.18. The molecule has 0 amide bonds. The van der Waals surface area contributed by atoms with Gasteiger partial charge in [-0.2, -0.15) is 0 Å². The van der Waals surface area contributed by atoms with Gasteiger partial charge in [-0.05, 0) is 55.5 Å². The Labute approximate surface area is 107 Å². The van der Waals surface area contributed by atoms with Gasteiger partial charge in [-0.25, -0.2) is 4.39 Å². The van der Waals surface area contributed by atoms with Crippen molar-refractivity contribution in [3.8, 4) is 0 Å². The molecule has 0 radical (unpaired) electrons. The van der Waals surface area contributed by atoms with Gasteiger partial charge in [0.25, 0.3) is 0 Å². The molecule has 1 nitrogen and oxygen atoms in total. The fourth-order valence-corrected chi connectivity index (χ4v) is 2.42. The summed E-state index contributed by atoms with van der Waals surface area (Å²) < 4.78 is 13.1. The van der Waals surface area contributed by atoms with Gasteiger partial charge in [0.15, 0.2) is 0 Å². The number of allylic oxidation sites excluding steroid dienone is 2. The van der Waals surface area contributed by atoms with Crippen LogP contribution in [0.5, 0.6) is 0 Å². The fraction of sp³-hybridized carbons (Fsp3) is 0.429. The van der Waals surface area contributed by atoms with E-state index in [1.165, 1.54) is 25.0 Å². The van der Waals surface area contributed by atoms with E-state index < -0.39 is 0 Å². The van der Waals surface area contributed by atoms with E-state index in [0.717, 1.165) is 18.5 Å². The van der Waals surface area contributed by atoms with Gasteiger partial charge in [0.2, 0.25) is 0 Å². The van der Waals surface area contributed by atoms with Gasteiger partial charge < -0.3 is 5.32 Å². The summed E-state index contributed by atoms with van der Waals surface area (Å²) in [5, 5.41) is 3.83. The molecule has 0 aromatic heterocycles. The van der Waals surface area contributed by atoms with Crippen molar-refractivity contribution in [2.24, 2.45) is 5.92 Å². The minimum atomic E-state index is -0.269. The number of hydrogen-bond acceptors (Lipinski definition) is 1. The molecule has 0 spiro atoms. The minimum absolute atomic E-state index is 0.269. The maximum Gasteiger partial charge on any atom is 0.125 e. The first kappa shape index (κ1) is 12.6. The standard InChI is InChI=1S/C14H17ClFN/c15-13-6-12(7-14(16)8-13)10-17-9-11-4-2-1-3-5-11/h1-2,6-8,11,17H,3-5,9-10H2. The first-order chi connectivity index (χ1) is 8.24. The van der Waals surface area contributed by atoms with Crippen LogP contribution in [0.3, 0.4) is 0 Å². The zero-order chi connectivity index (χ0) is 12.1. The second kappa shape index (κ2) is 6.18. The van der Waals surface area contributed by atoms with Crippen molar-refractivity contribution in [2.75, 3.05) is 6.54 Å². The predicted molar refractivity (Wildman–Crippen MR) is 69.6 cm³/mol. The third-order valence-corrected chi connectivity index (χ3v) is 3.28. The van der Waals surface area contributed by atoms with Crippen molar-refractivity contribution in [3.63, 3.8) is 0 Å². The van der Waals surface area contributed by atoms with Crippen LogP contribution in [0.2, 0.25) is 5.02 Å². The highest BCUT2D eigenvalue weighted by Crippen LogP contribution is 2.17. The number of rotatable bonds is 4. The quantitative estimate of drug-likeness (QED) is 0.802. The Morgan fingerprint density at radius 2 is 2.18 bits per heavy atom. The first-order valence-electron chi connectivity index (χ1n) is 6.05. The largest absolute Gasteiger partial charge is 0.312 e. The molecule has 92 valence electrons. The van der Waals surface area contributed by atoms with E-state index >= 15 is 0 Å². The Balaban J connectivity index is 1.79. The molecule has 1 aliphatic carbocycles.